The number of pyridine rings is 1. The van der Waals surface area contributed by atoms with Crippen LogP contribution in [-0.2, 0) is 11.2 Å². The Labute approximate surface area is 167 Å². The van der Waals surface area contributed by atoms with E-state index in [1.807, 2.05) is 11.0 Å². The van der Waals surface area contributed by atoms with Gasteiger partial charge in [-0.3, -0.25) is 9.59 Å². The standard InChI is InChI=1S/C23H29N3O2/c1-2-7-17-13-21(14-20(17)16-27)26-11-6-8-18-12-19(15-24-22(18)26)23(28)25-9-4-3-5-10-25/h12-13,15-16H,2-11,14H2,1H3. The molecule has 2 aliphatic heterocycles. The Bertz CT molecular complexity index is 834. The lowest BCUT2D eigenvalue weighted by Crippen LogP contribution is -2.36. The summed E-state index contributed by atoms with van der Waals surface area (Å²) in [5.74, 6) is 1.07. The monoisotopic (exact) mass is 379 g/mol. The van der Waals surface area contributed by atoms with Crippen molar-refractivity contribution in [2.75, 3.05) is 24.5 Å². The Morgan fingerprint density at radius 2 is 2.00 bits per heavy atom. The molecule has 0 unspecified atom stereocenters. The van der Waals surface area contributed by atoms with Gasteiger partial charge in [-0.05, 0) is 61.8 Å². The Morgan fingerprint density at radius 1 is 1.18 bits per heavy atom. The summed E-state index contributed by atoms with van der Waals surface area (Å²) in [6.07, 6.45) is 13.0. The van der Waals surface area contributed by atoms with Crippen LogP contribution in [0.1, 0.15) is 67.8 Å². The number of aromatic nitrogens is 1. The van der Waals surface area contributed by atoms with Gasteiger partial charge in [0, 0.05) is 43.5 Å². The van der Waals surface area contributed by atoms with Crippen LogP contribution < -0.4 is 4.90 Å². The summed E-state index contributed by atoms with van der Waals surface area (Å²) in [6, 6.07) is 2.04. The maximum absolute atomic E-state index is 12.8. The first-order valence-electron chi connectivity index (χ1n) is 10.6. The minimum absolute atomic E-state index is 0.113. The molecule has 1 saturated heterocycles. The molecule has 1 fully saturated rings. The lowest BCUT2D eigenvalue weighted by molar-refractivity contribution is -0.105. The van der Waals surface area contributed by atoms with Crippen molar-refractivity contribution < 1.29 is 9.59 Å². The second-order valence-electron chi connectivity index (χ2n) is 8.05. The second-order valence-corrected chi connectivity index (χ2v) is 8.05. The van der Waals surface area contributed by atoms with E-state index in [-0.39, 0.29) is 5.91 Å². The van der Waals surface area contributed by atoms with Crippen LogP contribution in [0.2, 0.25) is 0 Å². The van der Waals surface area contributed by atoms with Crippen molar-refractivity contribution in [3.05, 3.63) is 46.3 Å². The van der Waals surface area contributed by atoms with Crippen molar-refractivity contribution in [2.45, 2.75) is 58.3 Å². The van der Waals surface area contributed by atoms with E-state index in [2.05, 4.69) is 17.9 Å². The summed E-state index contributed by atoms with van der Waals surface area (Å²) in [5, 5.41) is 0. The van der Waals surface area contributed by atoms with Gasteiger partial charge in [-0.25, -0.2) is 4.98 Å². The first-order chi connectivity index (χ1) is 13.7. The molecule has 0 spiro atoms. The average Bonchev–Trinajstić information content (AvgIpc) is 3.16. The van der Waals surface area contributed by atoms with E-state index in [1.54, 1.807) is 6.20 Å². The number of hydrogen-bond donors (Lipinski definition) is 0. The number of rotatable bonds is 5. The number of allylic oxidation sites excluding steroid dienone is 3. The molecule has 1 amide bonds. The van der Waals surface area contributed by atoms with Gasteiger partial charge in [0.25, 0.3) is 5.91 Å². The van der Waals surface area contributed by atoms with Crippen molar-refractivity contribution in [3.8, 4) is 0 Å². The molecule has 1 aliphatic carbocycles. The molecule has 1 aromatic rings. The zero-order chi connectivity index (χ0) is 19.5. The Hall–Kier alpha value is -2.43. The van der Waals surface area contributed by atoms with E-state index in [0.717, 1.165) is 92.7 Å². The number of carbonyl (C=O) groups is 2. The Morgan fingerprint density at radius 3 is 2.75 bits per heavy atom. The molecule has 3 aliphatic rings. The fourth-order valence-corrected chi connectivity index (χ4v) is 4.59. The van der Waals surface area contributed by atoms with Gasteiger partial charge in [0.1, 0.15) is 12.1 Å². The fraction of sp³-hybridized carbons (Fsp3) is 0.522. The maximum atomic E-state index is 12.8. The molecule has 1 aromatic heterocycles. The second kappa shape index (κ2) is 8.29. The predicted octanol–water partition coefficient (Wildman–Crippen LogP) is 4.04. The van der Waals surface area contributed by atoms with Crippen LogP contribution in [0.4, 0.5) is 5.82 Å². The molecule has 148 valence electrons. The summed E-state index contributed by atoms with van der Waals surface area (Å²) in [7, 11) is 0. The molecule has 0 aromatic carbocycles. The molecule has 3 heterocycles. The van der Waals surface area contributed by atoms with E-state index in [0.29, 0.717) is 12.0 Å². The topological polar surface area (TPSA) is 53.5 Å². The minimum Gasteiger partial charge on any atom is -0.339 e. The molecule has 0 N–H and O–H groups in total. The summed E-state index contributed by atoms with van der Waals surface area (Å²) in [6.45, 7) is 4.77. The van der Waals surface area contributed by atoms with Crippen LogP contribution in [0.5, 0.6) is 0 Å². The quantitative estimate of drug-likeness (QED) is 0.725. The third-order valence-electron chi connectivity index (χ3n) is 6.05. The molecule has 0 saturated carbocycles. The first kappa shape index (κ1) is 18.9. The number of nitrogens with zero attached hydrogens (tertiary/aromatic N) is 3. The van der Waals surface area contributed by atoms with Crippen LogP contribution in [0.15, 0.2) is 35.2 Å². The van der Waals surface area contributed by atoms with Crippen molar-refractivity contribution in [1.82, 2.24) is 9.88 Å². The largest absolute Gasteiger partial charge is 0.339 e. The third kappa shape index (κ3) is 3.62. The first-order valence-corrected chi connectivity index (χ1v) is 10.6. The van der Waals surface area contributed by atoms with Crippen molar-refractivity contribution in [2.24, 2.45) is 0 Å². The van der Waals surface area contributed by atoms with Gasteiger partial charge in [0.05, 0.1) is 5.56 Å². The summed E-state index contributed by atoms with van der Waals surface area (Å²) >= 11 is 0. The highest BCUT2D eigenvalue weighted by Crippen LogP contribution is 2.35. The molecule has 0 radical (unpaired) electrons. The summed E-state index contributed by atoms with van der Waals surface area (Å²) in [5.41, 5.74) is 5.08. The summed E-state index contributed by atoms with van der Waals surface area (Å²) < 4.78 is 0. The number of likely N-dealkylation sites (tertiary alicyclic amines) is 1. The number of piperidine rings is 1. The van der Waals surface area contributed by atoms with Gasteiger partial charge in [-0.1, -0.05) is 13.3 Å². The van der Waals surface area contributed by atoms with Gasteiger partial charge < -0.3 is 9.80 Å². The van der Waals surface area contributed by atoms with Gasteiger partial charge in [0.15, 0.2) is 0 Å². The highest BCUT2D eigenvalue weighted by molar-refractivity contribution is 5.94. The fourth-order valence-electron chi connectivity index (χ4n) is 4.59. The van der Waals surface area contributed by atoms with Gasteiger partial charge >= 0.3 is 0 Å². The highest BCUT2D eigenvalue weighted by Gasteiger charge is 2.27. The normalized spacial score (nSPS) is 19.5. The Balaban J connectivity index is 1.56. The predicted molar refractivity (Wildman–Crippen MR) is 110 cm³/mol. The number of aryl methyl sites for hydroxylation is 1. The zero-order valence-corrected chi connectivity index (χ0v) is 16.7. The molecular formula is C23H29N3O2. The molecule has 4 rings (SSSR count). The number of hydrogen-bond acceptors (Lipinski definition) is 4. The van der Waals surface area contributed by atoms with Gasteiger partial charge in [-0.2, -0.15) is 0 Å². The van der Waals surface area contributed by atoms with E-state index < -0.39 is 0 Å². The van der Waals surface area contributed by atoms with Crippen LogP contribution in [0, 0.1) is 0 Å². The summed E-state index contributed by atoms with van der Waals surface area (Å²) in [4.78, 5) is 33.2. The molecule has 0 bridgehead atoms. The average molecular weight is 380 g/mol. The number of fused-ring (bicyclic) bond motifs is 1. The van der Waals surface area contributed by atoms with Crippen LogP contribution in [0.25, 0.3) is 0 Å². The SMILES string of the molecule is CCCC1=C(C=O)CC(N2CCCc3cc(C(=O)N4CCCCC4)cnc32)=C1. The van der Waals surface area contributed by atoms with Crippen LogP contribution in [-0.4, -0.2) is 41.7 Å². The van der Waals surface area contributed by atoms with Crippen molar-refractivity contribution in [1.29, 1.82) is 0 Å². The van der Waals surface area contributed by atoms with E-state index in [1.165, 1.54) is 6.42 Å². The van der Waals surface area contributed by atoms with Crippen LogP contribution in [0.3, 0.4) is 0 Å². The van der Waals surface area contributed by atoms with E-state index >= 15 is 0 Å². The molecule has 5 nitrogen and oxygen atoms in total. The van der Waals surface area contributed by atoms with E-state index in [4.69, 9.17) is 4.98 Å². The molecule has 28 heavy (non-hydrogen) atoms. The highest BCUT2D eigenvalue weighted by atomic mass is 16.2. The smallest absolute Gasteiger partial charge is 0.255 e. The van der Waals surface area contributed by atoms with Gasteiger partial charge in [0.2, 0.25) is 0 Å². The molecular weight excluding hydrogens is 350 g/mol. The maximum Gasteiger partial charge on any atom is 0.255 e. The number of anilines is 1. The number of amides is 1. The molecule has 0 atom stereocenters. The van der Waals surface area contributed by atoms with Crippen molar-refractivity contribution >= 4 is 18.0 Å². The minimum atomic E-state index is 0.113. The zero-order valence-electron chi connectivity index (χ0n) is 16.7. The lowest BCUT2D eigenvalue weighted by Gasteiger charge is -2.32. The molecule has 5 heteroatoms. The number of aldehydes is 1. The third-order valence-corrected chi connectivity index (χ3v) is 6.05. The lowest BCUT2D eigenvalue weighted by atomic mass is 10.0. The van der Waals surface area contributed by atoms with Gasteiger partial charge in [-0.15, -0.1) is 0 Å². The van der Waals surface area contributed by atoms with E-state index in [9.17, 15) is 9.59 Å². The Kier molecular flexibility index (Phi) is 5.60. The number of carbonyl (C=O) groups excluding carboxylic acids is 2. The van der Waals surface area contributed by atoms with Crippen LogP contribution >= 0.6 is 0 Å². The van der Waals surface area contributed by atoms with Crippen molar-refractivity contribution in [3.63, 3.8) is 0 Å².